The number of ether oxygens (including phenoxy) is 1. The monoisotopic (exact) mass is 494 g/mol. The molecule has 0 unspecified atom stereocenters. The smallest absolute Gasteiger partial charge is 0.294 e. The van der Waals surface area contributed by atoms with Gasteiger partial charge in [-0.25, -0.2) is 0 Å². The zero-order valence-electron chi connectivity index (χ0n) is 19.4. The maximum Gasteiger partial charge on any atom is 0.294 e. The van der Waals surface area contributed by atoms with Crippen LogP contribution in [0, 0.1) is 0 Å². The molecule has 0 fully saturated rings. The van der Waals surface area contributed by atoms with Gasteiger partial charge in [0.2, 0.25) is 0 Å². The number of fused-ring (bicyclic) bond motifs is 1. The summed E-state index contributed by atoms with van der Waals surface area (Å²) in [5.41, 5.74) is 3.99. The minimum absolute atomic E-state index is 0.161. The third-order valence-electron chi connectivity index (χ3n) is 5.85. The molecular formula is C30H23ClN2O3. The lowest BCUT2D eigenvalue weighted by molar-refractivity contribution is -0.117. The van der Waals surface area contributed by atoms with Gasteiger partial charge in [0, 0.05) is 17.1 Å². The van der Waals surface area contributed by atoms with Crippen LogP contribution in [0.15, 0.2) is 109 Å². The van der Waals surface area contributed by atoms with E-state index in [0.29, 0.717) is 35.1 Å². The van der Waals surface area contributed by atoms with E-state index in [4.69, 9.17) is 16.3 Å². The summed E-state index contributed by atoms with van der Waals surface area (Å²) in [6.45, 7) is 0.838. The molecule has 178 valence electrons. The van der Waals surface area contributed by atoms with Gasteiger partial charge in [-0.15, -0.1) is 0 Å². The van der Waals surface area contributed by atoms with Crippen LogP contribution in [-0.4, -0.2) is 11.8 Å². The van der Waals surface area contributed by atoms with Crippen molar-refractivity contribution in [1.29, 1.82) is 0 Å². The average Bonchev–Trinajstić information content (AvgIpc) is 2.92. The van der Waals surface area contributed by atoms with E-state index in [9.17, 15) is 9.59 Å². The minimum atomic E-state index is -0.242. The lowest BCUT2D eigenvalue weighted by Crippen LogP contribution is -2.36. The van der Waals surface area contributed by atoms with Crippen LogP contribution in [0.3, 0.4) is 0 Å². The number of nitrogens with zero attached hydrogens (tertiary/aromatic N) is 1. The van der Waals surface area contributed by atoms with Crippen LogP contribution in [0.4, 0.5) is 5.69 Å². The molecule has 6 heteroatoms. The van der Waals surface area contributed by atoms with Gasteiger partial charge in [-0.3, -0.25) is 14.5 Å². The normalized spacial score (nSPS) is 13.8. The molecule has 1 N–H and O–H groups in total. The minimum Gasteiger partial charge on any atom is -0.449 e. The molecule has 5 rings (SSSR count). The maximum absolute atomic E-state index is 13.4. The standard InChI is InChI=1S/C30H23ClN2O3/c31-25-16-12-23(13-17-25)20-33-26-8-4-5-9-27(26)36-28(30(33)35)18-21-10-14-24(15-11-21)29(34)32-19-22-6-2-1-3-7-22/h1-18H,19-20H2,(H,32,34). The van der Waals surface area contributed by atoms with E-state index in [1.807, 2.05) is 78.9 Å². The Morgan fingerprint density at radius 1 is 0.833 bits per heavy atom. The lowest BCUT2D eigenvalue weighted by Gasteiger charge is -2.30. The van der Waals surface area contributed by atoms with Crippen molar-refractivity contribution in [3.63, 3.8) is 0 Å². The highest BCUT2D eigenvalue weighted by molar-refractivity contribution is 6.30. The van der Waals surface area contributed by atoms with Crippen molar-refractivity contribution in [3.05, 3.63) is 136 Å². The molecule has 0 atom stereocenters. The first-order valence-electron chi connectivity index (χ1n) is 11.5. The second kappa shape index (κ2) is 10.5. The fourth-order valence-corrected chi connectivity index (χ4v) is 4.08. The van der Waals surface area contributed by atoms with Crippen LogP contribution < -0.4 is 15.0 Å². The highest BCUT2D eigenvalue weighted by Crippen LogP contribution is 2.36. The van der Waals surface area contributed by atoms with Crippen LogP contribution >= 0.6 is 11.6 Å². The molecule has 1 aliphatic rings. The van der Waals surface area contributed by atoms with Gasteiger partial charge in [-0.2, -0.15) is 0 Å². The van der Waals surface area contributed by atoms with Crippen LogP contribution in [0.1, 0.15) is 27.0 Å². The molecule has 4 aromatic carbocycles. The summed E-state index contributed by atoms with van der Waals surface area (Å²) >= 11 is 6.02. The first-order valence-corrected chi connectivity index (χ1v) is 11.9. The number of hydrogen-bond donors (Lipinski definition) is 1. The molecule has 0 bridgehead atoms. The largest absolute Gasteiger partial charge is 0.449 e. The SMILES string of the molecule is O=C(NCc1ccccc1)c1ccc(C=C2Oc3ccccc3N(Cc3ccc(Cl)cc3)C2=O)cc1. The van der Waals surface area contributed by atoms with Crippen LogP contribution in [-0.2, 0) is 17.9 Å². The predicted molar refractivity (Wildman–Crippen MR) is 142 cm³/mol. The second-order valence-electron chi connectivity index (χ2n) is 8.39. The topological polar surface area (TPSA) is 58.6 Å². The number of benzene rings is 4. The summed E-state index contributed by atoms with van der Waals surface area (Å²) in [6.07, 6.45) is 1.69. The fourth-order valence-electron chi connectivity index (χ4n) is 3.95. The first-order chi connectivity index (χ1) is 17.6. The molecule has 0 aliphatic carbocycles. The van der Waals surface area contributed by atoms with Crippen molar-refractivity contribution in [3.8, 4) is 5.75 Å². The van der Waals surface area contributed by atoms with Gasteiger partial charge in [-0.1, -0.05) is 78.3 Å². The number of para-hydroxylation sites is 2. The Kier molecular flexibility index (Phi) is 6.83. The van der Waals surface area contributed by atoms with E-state index >= 15 is 0 Å². The van der Waals surface area contributed by atoms with Gasteiger partial charge < -0.3 is 10.1 Å². The number of nitrogens with one attached hydrogen (secondary N) is 1. The number of rotatable bonds is 6. The molecule has 36 heavy (non-hydrogen) atoms. The summed E-state index contributed by atoms with van der Waals surface area (Å²) in [7, 11) is 0. The average molecular weight is 495 g/mol. The van der Waals surface area contributed by atoms with Crippen molar-refractivity contribution in [1.82, 2.24) is 5.32 Å². The molecule has 0 saturated heterocycles. The Morgan fingerprint density at radius 3 is 2.28 bits per heavy atom. The van der Waals surface area contributed by atoms with E-state index in [1.54, 1.807) is 35.2 Å². The summed E-state index contributed by atoms with van der Waals surface area (Å²) in [6, 6.07) is 31.7. The van der Waals surface area contributed by atoms with E-state index in [2.05, 4.69) is 5.32 Å². The number of hydrogen-bond acceptors (Lipinski definition) is 3. The van der Waals surface area contributed by atoms with E-state index < -0.39 is 0 Å². The van der Waals surface area contributed by atoms with Gasteiger partial charge in [-0.05, 0) is 59.2 Å². The van der Waals surface area contributed by atoms with E-state index in [1.165, 1.54) is 0 Å². The molecular weight excluding hydrogens is 472 g/mol. The van der Waals surface area contributed by atoms with E-state index in [0.717, 1.165) is 16.7 Å². The molecule has 0 radical (unpaired) electrons. The van der Waals surface area contributed by atoms with Crippen molar-refractivity contribution in [2.24, 2.45) is 0 Å². The predicted octanol–water partition coefficient (Wildman–Crippen LogP) is 6.24. The number of anilines is 1. The fraction of sp³-hybridized carbons (Fsp3) is 0.0667. The van der Waals surface area contributed by atoms with Crippen molar-refractivity contribution >= 4 is 35.2 Å². The number of halogens is 1. The molecule has 4 aromatic rings. The highest BCUT2D eigenvalue weighted by Gasteiger charge is 2.30. The highest BCUT2D eigenvalue weighted by atomic mass is 35.5. The Morgan fingerprint density at radius 2 is 1.53 bits per heavy atom. The molecule has 2 amide bonds. The first kappa shape index (κ1) is 23.4. The molecule has 5 nitrogen and oxygen atoms in total. The maximum atomic E-state index is 13.4. The Hall–Kier alpha value is -4.35. The zero-order chi connectivity index (χ0) is 24.9. The summed E-state index contributed by atoms with van der Waals surface area (Å²) in [5, 5.41) is 3.56. The Bertz CT molecular complexity index is 1420. The summed E-state index contributed by atoms with van der Waals surface area (Å²) in [4.78, 5) is 27.6. The van der Waals surface area contributed by atoms with Crippen LogP contribution in [0.25, 0.3) is 6.08 Å². The third-order valence-corrected chi connectivity index (χ3v) is 6.10. The van der Waals surface area contributed by atoms with Gasteiger partial charge in [0.05, 0.1) is 12.2 Å². The van der Waals surface area contributed by atoms with Crippen molar-refractivity contribution in [2.75, 3.05) is 4.90 Å². The van der Waals surface area contributed by atoms with Gasteiger partial charge in [0.1, 0.15) is 0 Å². The Balaban J connectivity index is 1.34. The van der Waals surface area contributed by atoms with Crippen LogP contribution in [0.5, 0.6) is 5.75 Å². The number of amides is 2. The second-order valence-corrected chi connectivity index (χ2v) is 8.82. The van der Waals surface area contributed by atoms with Gasteiger partial charge in [0.15, 0.2) is 11.5 Å². The van der Waals surface area contributed by atoms with Crippen LogP contribution in [0.2, 0.25) is 5.02 Å². The Labute approximate surface area is 214 Å². The molecule has 1 aliphatic heterocycles. The molecule has 0 spiro atoms. The lowest BCUT2D eigenvalue weighted by atomic mass is 10.1. The number of carbonyl (C=O) groups is 2. The third kappa shape index (κ3) is 5.32. The van der Waals surface area contributed by atoms with Gasteiger partial charge in [0.25, 0.3) is 11.8 Å². The quantitative estimate of drug-likeness (QED) is 0.323. The van der Waals surface area contributed by atoms with E-state index in [-0.39, 0.29) is 17.6 Å². The summed E-state index contributed by atoms with van der Waals surface area (Å²) < 4.78 is 5.97. The summed E-state index contributed by atoms with van der Waals surface area (Å²) in [5.74, 6) is 0.414. The zero-order valence-corrected chi connectivity index (χ0v) is 20.1. The molecule has 1 heterocycles. The molecule has 0 aromatic heterocycles. The number of carbonyl (C=O) groups excluding carboxylic acids is 2. The van der Waals surface area contributed by atoms with Gasteiger partial charge >= 0.3 is 0 Å². The van der Waals surface area contributed by atoms with Crippen molar-refractivity contribution < 1.29 is 14.3 Å². The van der Waals surface area contributed by atoms with Crippen molar-refractivity contribution in [2.45, 2.75) is 13.1 Å². The molecule has 0 saturated carbocycles.